The van der Waals surface area contributed by atoms with E-state index >= 15 is 0 Å². The number of H-pyrrole nitrogens is 1. The molecule has 0 aliphatic carbocycles. The first-order valence-corrected chi connectivity index (χ1v) is 6.87. The minimum atomic E-state index is -0.670. The van der Waals surface area contributed by atoms with Crippen LogP contribution in [0.25, 0.3) is 0 Å². The first-order chi connectivity index (χ1) is 10.8. The lowest BCUT2D eigenvalue weighted by molar-refractivity contribution is 0.548. The molecule has 0 aliphatic rings. The summed E-state index contributed by atoms with van der Waals surface area (Å²) < 4.78 is 0. The number of anilines is 2. The van der Waals surface area contributed by atoms with Gasteiger partial charge in [-0.1, -0.05) is 29.8 Å². The minimum absolute atomic E-state index is 0.344. The van der Waals surface area contributed by atoms with Gasteiger partial charge in [0.25, 0.3) is 0 Å². The third kappa shape index (κ3) is 2.96. The van der Waals surface area contributed by atoms with Gasteiger partial charge in [-0.05, 0) is 17.7 Å². The van der Waals surface area contributed by atoms with Crippen molar-refractivity contribution in [1.29, 1.82) is 0 Å². The fourth-order valence-electron chi connectivity index (χ4n) is 2.03. The molecule has 0 aliphatic heterocycles. The van der Waals surface area contributed by atoms with Crippen LogP contribution >= 0.6 is 11.6 Å². The highest BCUT2D eigenvalue weighted by atomic mass is 35.5. The van der Waals surface area contributed by atoms with Gasteiger partial charge in [-0.2, -0.15) is 5.10 Å². The highest BCUT2D eigenvalue weighted by Gasteiger charge is 2.19. The SMILES string of the molecule is O=[C]C(c1ccnc(Nc2cc[nH]n2)n1)c1ccccc1Cl. The van der Waals surface area contributed by atoms with Gasteiger partial charge < -0.3 is 5.32 Å². The lowest BCUT2D eigenvalue weighted by Crippen LogP contribution is -2.08. The molecule has 0 fully saturated rings. The number of aromatic nitrogens is 4. The fraction of sp³-hybridized carbons (Fsp3) is 0.0667. The number of hydrogen-bond acceptors (Lipinski definition) is 5. The van der Waals surface area contributed by atoms with Crippen molar-refractivity contribution in [3.8, 4) is 0 Å². The van der Waals surface area contributed by atoms with Crippen LogP contribution in [-0.2, 0) is 4.79 Å². The van der Waals surface area contributed by atoms with E-state index in [4.69, 9.17) is 11.6 Å². The molecule has 6 nitrogen and oxygen atoms in total. The number of halogens is 1. The van der Waals surface area contributed by atoms with Crippen LogP contribution in [0, 0.1) is 0 Å². The third-order valence-corrected chi connectivity index (χ3v) is 3.39. The Balaban J connectivity index is 1.93. The molecule has 22 heavy (non-hydrogen) atoms. The molecule has 2 aromatic heterocycles. The van der Waals surface area contributed by atoms with Crippen molar-refractivity contribution in [2.75, 3.05) is 5.32 Å². The predicted molar refractivity (Wildman–Crippen MR) is 82.9 cm³/mol. The van der Waals surface area contributed by atoms with E-state index in [1.165, 1.54) is 0 Å². The lowest BCUT2D eigenvalue weighted by atomic mass is 9.97. The van der Waals surface area contributed by atoms with Gasteiger partial charge >= 0.3 is 0 Å². The van der Waals surface area contributed by atoms with Gasteiger partial charge in [0, 0.05) is 23.5 Å². The van der Waals surface area contributed by atoms with Gasteiger partial charge in [0.05, 0.1) is 11.6 Å². The van der Waals surface area contributed by atoms with Gasteiger partial charge in [-0.3, -0.25) is 9.89 Å². The molecule has 2 heterocycles. The molecule has 3 aromatic rings. The molecule has 1 atom stereocenters. The summed E-state index contributed by atoms with van der Waals surface area (Å²) >= 11 is 6.15. The summed E-state index contributed by atoms with van der Waals surface area (Å²) in [4.78, 5) is 19.9. The summed E-state index contributed by atoms with van der Waals surface area (Å²) in [5.41, 5.74) is 1.17. The van der Waals surface area contributed by atoms with E-state index in [0.29, 0.717) is 28.0 Å². The number of nitrogens with zero attached hydrogens (tertiary/aromatic N) is 3. The van der Waals surface area contributed by atoms with Crippen molar-refractivity contribution in [2.45, 2.75) is 5.92 Å². The van der Waals surface area contributed by atoms with Crippen molar-refractivity contribution in [1.82, 2.24) is 20.2 Å². The van der Waals surface area contributed by atoms with Crippen LogP contribution in [0.3, 0.4) is 0 Å². The Bertz CT molecular complexity index is 775. The first kappa shape index (κ1) is 14.2. The fourth-order valence-corrected chi connectivity index (χ4v) is 2.28. The van der Waals surface area contributed by atoms with Gasteiger partial charge in [0.2, 0.25) is 12.2 Å². The largest absolute Gasteiger partial charge is 0.307 e. The summed E-state index contributed by atoms with van der Waals surface area (Å²) in [5.74, 6) is 0.259. The second-order valence-corrected chi connectivity index (χ2v) is 4.87. The second kappa shape index (κ2) is 6.36. The predicted octanol–water partition coefficient (Wildman–Crippen LogP) is 2.84. The molecule has 2 N–H and O–H groups in total. The smallest absolute Gasteiger partial charge is 0.228 e. The molecular weight excluding hydrogens is 302 g/mol. The second-order valence-electron chi connectivity index (χ2n) is 4.46. The van der Waals surface area contributed by atoms with E-state index in [0.717, 1.165) is 0 Å². The molecule has 109 valence electrons. The van der Waals surface area contributed by atoms with E-state index < -0.39 is 5.92 Å². The Morgan fingerprint density at radius 2 is 2.09 bits per heavy atom. The Morgan fingerprint density at radius 1 is 1.23 bits per heavy atom. The van der Waals surface area contributed by atoms with Crippen LogP contribution in [0.4, 0.5) is 11.8 Å². The molecule has 3 rings (SSSR count). The summed E-state index contributed by atoms with van der Waals surface area (Å²) in [6, 6.07) is 10.5. The average Bonchev–Trinajstić information content (AvgIpc) is 3.03. The molecule has 1 radical (unpaired) electrons. The standard InChI is InChI=1S/C15H11ClN5O/c16-12-4-2-1-3-10(12)11(9-22)13-5-7-17-15(19-13)20-14-6-8-18-21-14/h1-8,11H,(H2,17,18,19,20,21). The Hall–Kier alpha value is -2.73. The van der Waals surface area contributed by atoms with Crippen LogP contribution < -0.4 is 5.32 Å². The van der Waals surface area contributed by atoms with Gasteiger partial charge in [-0.25, -0.2) is 9.97 Å². The monoisotopic (exact) mass is 312 g/mol. The topological polar surface area (TPSA) is 83.6 Å². The molecule has 7 heteroatoms. The van der Waals surface area contributed by atoms with Crippen LogP contribution in [0.5, 0.6) is 0 Å². The zero-order chi connectivity index (χ0) is 15.4. The summed E-state index contributed by atoms with van der Waals surface area (Å²) in [5, 5.41) is 10.1. The number of hydrogen-bond donors (Lipinski definition) is 2. The summed E-state index contributed by atoms with van der Waals surface area (Å²) in [6.45, 7) is 0. The van der Waals surface area contributed by atoms with E-state index in [1.54, 1.807) is 42.7 Å². The van der Waals surface area contributed by atoms with E-state index in [9.17, 15) is 4.79 Å². The van der Waals surface area contributed by atoms with Crippen molar-refractivity contribution < 1.29 is 4.79 Å². The Morgan fingerprint density at radius 3 is 2.82 bits per heavy atom. The van der Waals surface area contributed by atoms with E-state index in [-0.39, 0.29) is 0 Å². The van der Waals surface area contributed by atoms with Crippen molar-refractivity contribution in [2.24, 2.45) is 0 Å². The van der Waals surface area contributed by atoms with Crippen LogP contribution in [0.2, 0.25) is 5.02 Å². The van der Waals surface area contributed by atoms with Gasteiger partial charge in [0.15, 0.2) is 5.82 Å². The Labute approximate surface area is 131 Å². The van der Waals surface area contributed by atoms with Crippen molar-refractivity contribution >= 4 is 29.7 Å². The van der Waals surface area contributed by atoms with Gasteiger partial charge in [0.1, 0.15) is 0 Å². The molecule has 0 saturated heterocycles. The molecular formula is C15H11ClN5O. The highest BCUT2D eigenvalue weighted by Crippen LogP contribution is 2.28. The number of carbonyl (C=O) groups excluding carboxylic acids is 1. The quantitative estimate of drug-likeness (QED) is 0.757. The maximum absolute atomic E-state index is 11.4. The van der Waals surface area contributed by atoms with Crippen LogP contribution in [-0.4, -0.2) is 26.5 Å². The third-order valence-electron chi connectivity index (χ3n) is 3.05. The number of rotatable bonds is 5. The first-order valence-electron chi connectivity index (χ1n) is 6.50. The number of aromatic amines is 1. The highest BCUT2D eigenvalue weighted by molar-refractivity contribution is 6.31. The Kier molecular flexibility index (Phi) is 4.11. The molecule has 0 spiro atoms. The molecule has 1 unspecified atom stereocenters. The molecule has 1 aromatic carbocycles. The zero-order valence-electron chi connectivity index (χ0n) is 11.3. The normalized spacial score (nSPS) is 11.9. The van der Waals surface area contributed by atoms with Crippen LogP contribution in [0.1, 0.15) is 17.2 Å². The average molecular weight is 313 g/mol. The minimum Gasteiger partial charge on any atom is -0.307 e. The van der Waals surface area contributed by atoms with Crippen molar-refractivity contribution in [3.63, 3.8) is 0 Å². The maximum Gasteiger partial charge on any atom is 0.228 e. The molecule has 0 amide bonds. The van der Waals surface area contributed by atoms with Crippen molar-refractivity contribution in [3.05, 3.63) is 65.1 Å². The number of nitrogens with one attached hydrogen (secondary N) is 2. The van der Waals surface area contributed by atoms with Gasteiger partial charge in [-0.15, -0.1) is 0 Å². The zero-order valence-corrected chi connectivity index (χ0v) is 12.1. The summed E-state index contributed by atoms with van der Waals surface area (Å²) in [7, 11) is 0. The molecule has 0 saturated carbocycles. The van der Waals surface area contributed by atoms with E-state index in [2.05, 4.69) is 25.5 Å². The number of benzene rings is 1. The van der Waals surface area contributed by atoms with E-state index in [1.807, 2.05) is 12.4 Å². The molecule has 0 bridgehead atoms. The summed E-state index contributed by atoms with van der Waals surface area (Å²) in [6.07, 6.45) is 5.23. The lowest BCUT2D eigenvalue weighted by Gasteiger charge is -2.12. The maximum atomic E-state index is 11.4. The van der Waals surface area contributed by atoms with Crippen LogP contribution in [0.15, 0.2) is 48.8 Å².